The zero-order valence-corrected chi connectivity index (χ0v) is 10.6. The third-order valence-electron chi connectivity index (χ3n) is 3.45. The molecule has 1 unspecified atom stereocenters. The van der Waals surface area contributed by atoms with Crippen LogP contribution in [0, 0.1) is 0 Å². The van der Waals surface area contributed by atoms with Crippen molar-refractivity contribution >= 4 is 22.6 Å². The highest BCUT2D eigenvalue weighted by molar-refractivity contribution is 6.29. The van der Waals surface area contributed by atoms with Crippen molar-refractivity contribution in [3.05, 3.63) is 29.0 Å². The van der Waals surface area contributed by atoms with Crippen LogP contribution in [0.3, 0.4) is 0 Å². The van der Waals surface area contributed by atoms with Crippen LogP contribution in [0.25, 0.3) is 11.0 Å². The molecule has 1 saturated heterocycles. The highest BCUT2D eigenvalue weighted by Gasteiger charge is 2.22. The van der Waals surface area contributed by atoms with E-state index in [0.29, 0.717) is 11.2 Å². The molecule has 0 bridgehead atoms. The van der Waals surface area contributed by atoms with Gasteiger partial charge >= 0.3 is 0 Å². The maximum Gasteiger partial charge on any atom is 0.203 e. The van der Waals surface area contributed by atoms with Gasteiger partial charge in [-0.05, 0) is 36.6 Å². The van der Waals surface area contributed by atoms with Crippen molar-refractivity contribution in [2.75, 3.05) is 13.2 Å². The van der Waals surface area contributed by atoms with Gasteiger partial charge in [0.25, 0.3) is 0 Å². The number of rotatable bonds is 2. The molecule has 90 valence electrons. The summed E-state index contributed by atoms with van der Waals surface area (Å²) in [5.74, 6) is 0.468. The lowest BCUT2D eigenvalue weighted by Gasteiger charge is -2.08. The standard InChI is InChI=1S/C13H15ClN2O/c1-2-16-11-5-3-4-10(9-6-7-17-8-9)12(11)15-13(16)14/h3-5,9H,2,6-8H2,1H3. The molecule has 3 rings (SSSR count). The first-order valence-electron chi connectivity index (χ1n) is 6.03. The van der Waals surface area contributed by atoms with Crippen molar-refractivity contribution < 1.29 is 4.74 Å². The molecule has 1 aromatic carbocycles. The van der Waals surface area contributed by atoms with Crippen molar-refractivity contribution in [3.8, 4) is 0 Å². The number of aromatic nitrogens is 2. The van der Waals surface area contributed by atoms with Gasteiger partial charge in [0.2, 0.25) is 5.28 Å². The molecule has 1 atom stereocenters. The number of nitrogens with zero attached hydrogens (tertiary/aromatic N) is 2. The van der Waals surface area contributed by atoms with Gasteiger partial charge in [0.1, 0.15) is 0 Å². The number of hydrogen-bond acceptors (Lipinski definition) is 2. The van der Waals surface area contributed by atoms with Crippen molar-refractivity contribution in [1.82, 2.24) is 9.55 Å². The molecule has 17 heavy (non-hydrogen) atoms. The molecule has 0 saturated carbocycles. The number of ether oxygens (including phenoxy) is 1. The highest BCUT2D eigenvalue weighted by Crippen LogP contribution is 2.32. The van der Waals surface area contributed by atoms with E-state index < -0.39 is 0 Å². The SMILES string of the molecule is CCn1c(Cl)nc2c(C3CCOC3)cccc21. The summed E-state index contributed by atoms with van der Waals surface area (Å²) in [5, 5.41) is 0.578. The number of para-hydroxylation sites is 1. The van der Waals surface area contributed by atoms with E-state index in [1.807, 2.05) is 4.57 Å². The minimum Gasteiger partial charge on any atom is -0.381 e. The van der Waals surface area contributed by atoms with E-state index in [1.165, 1.54) is 5.56 Å². The average molecular weight is 251 g/mol. The summed E-state index contributed by atoms with van der Waals surface area (Å²) in [6, 6.07) is 6.31. The molecule has 4 heteroatoms. The normalized spacial score (nSPS) is 20.2. The fraction of sp³-hybridized carbons (Fsp3) is 0.462. The molecule has 0 aliphatic carbocycles. The van der Waals surface area contributed by atoms with E-state index in [4.69, 9.17) is 16.3 Å². The Kier molecular flexibility index (Phi) is 2.81. The fourth-order valence-corrected chi connectivity index (χ4v) is 2.85. The lowest BCUT2D eigenvalue weighted by atomic mass is 9.97. The number of aryl methyl sites for hydroxylation is 1. The molecule has 1 aliphatic heterocycles. The van der Waals surface area contributed by atoms with Gasteiger partial charge < -0.3 is 9.30 Å². The van der Waals surface area contributed by atoms with Gasteiger partial charge in [0.05, 0.1) is 17.6 Å². The predicted octanol–water partition coefficient (Wildman–Crippen LogP) is 3.21. The molecule has 1 aliphatic rings. The van der Waals surface area contributed by atoms with Crippen molar-refractivity contribution in [1.29, 1.82) is 0 Å². The van der Waals surface area contributed by atoms with Gasteiger partial charge in [-0.1, -0.05) is 12.1 Å². The van der Waals surface area contributed by atoms with Gasteiger partial charge in [-0.15, -0.1) is 0 Å². The van der Waals surface area contributed by atoms with Crippen LogP contribution in [0.2, 0.25) is 5.28 Å². The average Bonchev–Trinajstić information content (AvgIpc) is 2.94. The van der Waals surface area contributed by atoms with Crippen LogP contribution >= 0.6 is 11.6 Å². The molecular formula is C13H15ClN2O. The Morgan fingerprint density at radius 3 is 3.12 bits per heavy atom. The number of hydrogen-bond donors (Lipinski definition) is 0. The van der Waals surface area contributed by atoms with Crippen LogP contribution in [0.4, 0.5) is 0 Å². The van der Waals surface area contributed by atoms with E-state index in [0.717, 1.165) is 37.2 Å². The summed E-state index contributed by atoms with van der Waals surface area (Å²) in [6.45, 7) is 4.58. The van der Waals surface area contributed by atoms with E-state index in [-0.39, 0.29) is 0 Å². The Hall–Kier alpha value is -1.06. The molecule has 0 radical (unpaired) electrons. The zero-order valence-electron chi connectivity index (χ0n) is 9.82. The molecule has 1 aromatic heterocycles. The molecule has 0 N–H and O–H groups in total. The Labute approximate surface area is 105 Å². The molecule has 2 heterocycles. The van der Waals surface area contributed by atoms with Crippen LogP contribution < -0.4 is 0 Å². The van der Waals surface area contributed by atoms with Crippen LogP contribution in [0.15, 0.2) is 18.2 Å². The van der Waals surface area contributed by atoms with Crippen LogP contribution in [-0.2, 0) is 11.3 Å². The van der Waals surface area contributed by atoms with Gasteiger partial charge in [-0.3, -0.25) is 0 Å². The van der Waals surface area contributed by atoms with Crippen molar-refractivity contribution in [2.24, 2.45) is 0 Å². The third kappa shape index (κ3) is 1.74. The minimum atomic E-state index is 0.468. The summed E-state index contributed by atoms with van der Waals surface area (Å²) < 4.78 is 7.49. The lowest BCUT2D eigenvalue weighted by Crippen LogP contribution is -1.99. The number of imidazole rings is 1. The maximum absolute atomic E-state index is 6.17. The van der Waals surface area contributed by atoms with Crippen LogP contribution in [0.5, 0.6) is 0 Å². The Morgan fingerprint density at radius 1 is 1.53 bits per heavy atom. The number of halogens is 1. The van der Waals surface area contributed by atoms with Crippen LogP contribution in [-0.4, -0.2) is 22.8 Å². The summed E-state index contributed by atoms with van der Waals surface area (Å²) in [7, 11) is 0. The highest BCUT2D eigenvalue weighted by atomic mass is 35.5. The van der Waals surface area contributed by atoms with Gasteiger partial charge in [0.15, 0.2) is 0 Å². The molecule has 0 spiro atoms. The van der Waals surface area contributed by atoms with Gasteiger partial charge in [0, 0.05) is 19.1 Å². The van der Waals surface area contributed by atoms with E-state index in [2.05, 4.69) is 30.1 Å². The first-order chi connectivity index (χ1) is 8.31. The van der Waals surface area contributed by atoms with E-state index in [1.54, 1.807) is 0 Å². The fourth-order valence-electron chi connectivity index (χ4n) is 2.55. The quantitative estimate of drug-likeness (QED) is 0.818. The molecule has 2 aromatic rings. The lowest BCUT2D eigenvalue weighted by molar-refractivity contribution is 0.194. The second-order valence-corrected chi connectivity index (χ2v) is 4.74. The Bertz CT molecular complexity index is 544. The van der Waals surface area contributed by atoms with Crippen molar-refractivity contribution in [3.63, 3.8) is 0 Å². The first-order valence-corrected chi connectivity index (χ1v) is 6.41. The van der Waals surface area contributed by atoms with Crippen LogP contribution in [0.1, 0.15) is 24.8 Å². The molecule has 3 nitrogen and oxygen atoms in total. The minimum absolute atomic E-state index is 0.468. The second kappa shape index (κ2) is 4.31. The summed E-state index contributed by atoms with van der Waals surface area (Å²) >= 11 is 6.17. The Balaban J connectivity index is 2.18. The summed E-state index contributed by atoms with van der Waals surface area (Å²) in [4.78, 5) is 4.50. The third-order valence-corrected chi connectivity index (χ3v) is 3.74. The predicted molar refractivity (Wildman–Crippen MR) is 68.6 cm³/mol. The second-order valence-electron chi connectivity index (χ2n) is 4.40. The van der Waals surface area contributed by atoms with Crippen molar-refractivity contribution in [2.45, 2.75) is 25.8 Å². The zero-order chi connectivity index (χ0) is 11.8. The van der Waals surface area contributed by atoms with E-state index >= 15 is 0 Å². The van der Waals surface area contributed by atoms with Gasteiger partial charge in [-0.2, -0.15) is 0 Å². The number of benzene rings is 1. The number of fused-ring (bicyclic) bond motifs is 1. The largest absolute Gasteiger partial charge is 0.381 e. The Morgan fingerprint density at radius 2 is 2.41 bits per heavy atom. The van der Waals surface area contributed by atoms with Gasteiger partial charge in [-0.25, -0.2) is 4.98 Å². The molecule has 1 fully saturated rings. The maximum atomic E-state index is 6.17. The summed E-state index contributed by atoms with van der Waals surface area (Å²) in [6.07, 6.45) is 1.08. The smallest absolute Gasteiger partial charge is 0.203 e. The monoisotopic (exact) mass is 250 g/mol. The summed E-state index contributed by atoms with van der Waals surface area (Å²) in [5.41, 5.74) is 3.44. The topological polar surface area (TPSA) is 27.1 Å². The molecule has 0 amide bonds. The van der Waals surface area contributed by atoms with E-state index in [9.17, 15) is 0 Å². The molecular weight excluding hydrogens is 236 g/mol. The first kappa shape index (κ1) is 11.1.